The molecule has 0 aromatic heterocycles. The molecule has 0 heterocycles. The van der Waals surface area contributed by atoms with E-state index in [1.54, 1.807) is 0 Å². The van der Waals surface area contributed by atoms with E-state index in [0.717, 1.165) is 6.41 Å². The number of rotatable bonds is 3. The molecule has 10 heavy (non-hydrogen) atoms. The van der Waals surface area contributed by atoms with Gasteiger partial charge in [-0.3, -0.25) is 4.79 Å². The van der Waals surface area contributed by atoms with Crippen LogP contribution < -0.4 is 0 Å². The first-order valence-corrected chi connectivity index (χ1v) is 9.90. The molecule has 60 valence electrons. The standard InChI is InChI=1S/C6H17NOSi2/c1-9(2)7(6-8)10(3,4)5/h6,9H,1-5H3. The van der Waals surface area contributed by atoms with E-state index in [-0.39, 0.29) is 0 Å². The van der Waals surface area contributed by atoms with Crippen LogP contribution in [0, 0.1) is 0 Å². The number of carbonyl (C=O) groups excluding carboxylic acids is 1. The Morgan fingerprint density at radius 1 is 1.30 bits per heavy atom. The average molecular weight is 175 g/mol. The van der Waals surface area contributed by atoms with Crippen LogP contribution >= 0.6 is 0 Å². The summed E-state index contributed by atoms with van der Waals surface area (Å²) in [6.07, 6.45) is 1.03. The molecule has 0 bridgehead atoms. The Balaban J connectivity index is 4.21. The maximum atomic E-state index is 10.6. The smallest absolute Gasteiger partial charge is 0.193 e. The molecule has 0 spiro atoms. The highest BCUT2D eigenvalue weighted by Gasteiger charge is 2.24. The van der Waals surface area contributed by atoms with Gasteiger partial charge >= 0.3 is 0 Å². The molecule has 0 fully saturated rings. The maximum Gasteiger partial charge on any atom is 0.193 e. The number of nitrogens with zero attached hydrogens (tertiary/aromatic N) is 1. The molecule has 0 saturated carbocycles. The zero-order valence-electron chi connectivity index (χ0n) is 7.51. The van der Waals surface area contributed by atoms with Gasteiger partial charge in [0.1, 0.15) is 17.2 Å². The number of carbonyl (C=O) groups is 1. The van der Waals surface area contributed by atoms with E-state index in [1.165, 1.54) is 0 Å². The Labute approximate surface area is 66.0 Å². The van der Waals surface area contributed by atoms with Crippen molar-refractivity contribution in [3.05, 3.63) is 0 Å². The third-order valence-corrected chi connectivity index (χ3v) is 8.21. The molecule has 0 aromatic carbocycles. The quantitative estimate of drug-likeness (QED) is 0.467. The third-order valence-electron chi connectivity index (χ3n) is 1.44. The Hall–Kier alpha value is -0.0962. The highest BCUT2D eigenvalue weighted by Crippen LogP contribution is 2.08. The Bertz CT molecular complexity index is 119. The Morgan fingerprint density at radius 3 is 1.70 bits per heavy atom. The SMILES string of the molecule is C[SiH](C)N(C=O)[Si](C)(C)C. The van der Waals surface area contributed by atoms with Crippen LogP contribution in [0.1, 0.15) is 0 Å². The van der Waals surface area contributed by atoms with Gasteiger partial charge in [0.15, 0.2) is 6.41 Å². The molecule has 0 aliphatic heterocycles. The van der Waals surface area contributed by atoms with Crippen LogP contribution in [0.25, 0.3) is 0 Å². The van der Waals surface area contributed by atoms with Crippen molar-refractivity contribution in [2.24, 2.45) is 0 Å². The second-order valence-corrected chi connectivity index (χ2v) is 11.9. The van der Waals surface area contributed by atoms with Gasteiger partial charge in [0.25, 0.3) is 0 Å². The molecule has 0 radical (unpaired) electrons. The van der Waals surface area contributed by atoms with Gasteiger partial charge in [-0.15, -0.1) is 0 Å². The molecule has 0 aliphatic carbocycles. The molecule has 0 atom stereocenters. The van der Waals surface area contributed by atoms with Gasteiger partial charge in [-0.05, 0) is 0 Å². The topological polar surface area (TPSA) is 20.3 Å². The fourth-order valence-electron chi connectivity index (χ4n) is 1.05. The summed E-state index contributed by atoms with van der Waals surface area (Å²) < 4.78 is 2.08. The first kappa shape index (κ1) is 9.90. The van der Waals surface area contributed by atoms with Crippen LogP contribution in [0.15, 0.2) is 0 Å². The number of hydrogen-bond donors (Lipinski definition) is 0. The number of amides is 1. The molecule has 1 amide bonds. The molecular weight excluding hydrogens is 158 g/mol. The van der Waals surface area contributed by atoms with E-state index in [1.807, 2.05) is 0 Å². The van der Waals surface area contributed by atoms with Crippen molar-refractivity contribution in [2.75, 3.05) is 0 Å². The zero-order valence-corrected chi connectivity index (χ0v) is 9.66. The summed E-state index contributed by atoms with van der Waals surface area (Å²) in [4.78, 5) is 10.6. The zero-order chi connectivity index (χ0) is 8.36. The largest absolute Gasteiger partial charge is 0.401 e. The molecule has 0 aromatic rings. The van der Waals surface area contributed by atoms with E-state index in [9.17, 15) is 4.79 Å². The van der Waals surface area contributed by atoms with E-state index in [2.05, 4.69) is 37.0 Å². The van der Waals surface area contributed by atoms with Crippen LogP contribution in [-0.2, 0) is 4.79 Å². The van der Waals surface area contributed by atoms with Gasteiger partial charge < -0.3 is 4.23 Å². The lowest BCUT2D eigenvalue weighted by Crippen LogP contribution is -2.51. The minimum atomic E-state index is -1.32. The molecule has 0 rings (SSSR count). The monoisotopic (exact) mass is 175 g/mol. The van der Waals surface area contributed by atoms with Crippen molar-refractivity contribution >= 4 is 23.6 Å². The summed E-state index contributed by atoms with van der Waals surface area (Å²) in [5.74, 6) is 0. The molecular formula is C6H17NOSi2. The second-order valence-electron chi connectivity index (χ2n) is 3.78. The lowest BCUT2D eigenvalue weighted by atomic mass is 11.5. The summed E-state index contributed by atoms with van der Waals surface area (Å²) in [5.41, 5.74) is 0. The van der Waals surface area contributed by atoms with E-state index in [0.29, 0.717) is 0 Å². The van der Waals surface area contributed by atoms with Crippen LogP contribution in [-0.4, -0.2) is 27.8 Å². The first-order chi connectivity index (χ1) is 4.39. The fraction of sp³-hybridized carbons (Fsp3) is 0.833. The van der Waals surface area contributed by atoms with Gasteiger partial charge in [-0.25, -0.2) is 0 Å². The summed E-state index contributed by atoms with van der Waals surface area (Å²) in [5, 5.41) is 0. The van der Waals surface area contributed by atoms with Crippen molar-refractivity contribution in [1.82, 2.24) is 4.23 Å². The van der Waals surface area contributed by atoms with Gasteiger partial charge in [-0.2, -0.15) is 0 Å². The fourth-order valence-corrected chi connectivity index (χ4v) is 7.81. The molecule has 2 nitrogen and oxygen atoms in total. The molecule has 0 unspecified atom stereocenters. The maximum absolute atomic E-state index is 10.6. The highest BCUT2D eigenvalue weighted by atomic mass is 28.4. The molecule has 0 saturated heterocycles. The van der Waals surface area contributed by atoms with E-state index in [4.69, 9.17) is 0 Å². The van der Waals surface area contributed by atoms with Gasteiger partial charge in [0, 0.05) is 0 Å². The van der Waals surface area contributed by atoms with Crippen molar-refractivity contribution in [1.29, 1.82) is 0 Å². The van der Waals surface area contributed by atoms with Gasteiger partial charge in [0.05, 0.1) is 0 Å². The number of hydrogen-bond acceptors (Lipinski definition) is 1. The highest BCUT2D eigenvalue weighted by molar-refractivity contribution is 6.84. The summed E-state index contributed by atoms with van der Waals surface area (Å²) >= 11 is 0. The van der Waals surface area contributed by atoms with E-state index < -0.39 is 17.2 Å². The molecule has 0 N–H and O–H groups in total. The minimum absolute atomic E-state index is 0.883. The first-order valence-electron chi connectivity index (χ1n) is 3.63. The summed E-state index contributed by atoms with van der Waals surface area (Å²) in [7, 11) is -2.21. The summed E-state index contributed by atoms with van der Waals surface area (Å²) in [6, 6.07) is 0. The predicted molar refractivity (Wildman–Crippen MR) is 50.1 cm³/mol. The lowest BCUT2D eigenvalue weighted by molar-refractivity contribution is -0.112. The second kappa shape index (κ2) is 3.34. The van der Waals surface area contributed by atoms with Crippen LogP contribution in [0.5, 0.6) is 0 Å². The predicted octanol–water partition coefficient (Wildman–Crippen LogP) is 1.26. The van der Waals surface area contributed by atoms with Gasteiger partial charge in [0.2, 0.25) is 0 Å². The van der Waals surface area contributed by atoms with Gasteiger partial charge in [-0.1, -0.05) is 32.7 Å². The molecule has 0 aliphatic rings. The van der Waals surface area contributed by atoms with Crippen LogP contribution in [0.2, 0.25) is 32.7 Å². The van der Waals surface area contributed by atoms with E-state index >= 15 is 0 Å². The molecule has 4 heteroatoms. The normalized spacial score (nSPS) is 11.8. The van der Waals surface area contributed by atoms with Crippen LogP contribution in [0.3, 0.4) is 0 Å². The summed E-state index contributed by atoms with van der Waals surface area (Å²) in [6.45, 7) is 11.0. The van der Waals surface area contributed by atoms with Crippen molar-refractivity contribution < 1.29 is 4.79 Å². The lowest BCUT2D eigenvalue weighted by Gasteiger charge is -2.33. The average Bonchev–Trinajstić information content (AvgIpc) is 1.60. The van der Waals surface area contributed by atoms with Crippen molar-refractivity contribution in [3.63, 3.8) is 0 Å². The van der Waals surface area contributed by atoms with Crippen LogP contribution in [0.4, 0.5) is 0 Å². The Kier molecular flexibility index (Phi) is 3.31. The van der Waals surface area contributed by atoms with Crippen molar-refractivity contribution in [2.45, 2.75) is 32.7 Å². The van der Waals surface area contributed by atoms with Crippen molar-refractivity contribution in [3.8, 4) is 0 Å². The minimum Gasteiger partial charge on any atom is -0.401 e. The Morgan fingerprint density at radius 2 is 1.70 bits per heavy atom. The third kappa shape index (κ3) is 2.66.